The van der Waals surface area contributed by atoms with E-state index in [9.17, 15) is 0 Å². The van der Waals surface area contributed by atoms with Crippen LogP contribution in [0.25, 0.3) is 0 Å². The first-order valence-electron chi connectivity index (χ1n) is 9.50. The molecule has 1 N–H and O–H groups in total. The molecule has 1 saturated heterocycles. The molecule has 0 saturated carbocycles. The average Bonchev–Trinajstić information content (AvgIpc) is 3.19. The number of ether oxygens (including phenoxy) is 1. The Bertz CT molecular complexity index is 709. The summed E-state index contributed by atoms with van der Waals surface area (Å²) in [5, 5.41) is 7.43. The second kappa shape index (κ2) is 10.1. The van der Waals surface area contributed by atoms with Crippen LogP contribution in [-0.4, -0.2) is 60.7 Å². The van der Waals surface area contributed by atoms with Crippen molar-refractivity contribution in [2.45, 2.75) is 26.6 Å². The van der Waals surface area contributed by atoms with Gasteiger partial charge in [-0.1, -0.05) is 29.4 Å². The lowest BCUT2D eigenvalue weighted by molar-refractivity contribution is 0.169. The molecule has 0 radical (unpaired) electrons. The van der Waals surface area contributed by atoms with Gasteiger partial charge < -0.3 is 19.5 Å². The van der Waals surface area contributed by atoms with Gasteiger partial charge in [-0.2, -0.15) is 0 Å². The Balaban J connectivity index is 1.57. The minimum absolute atomic E-state index is 0.630. The van der Waals surface area contributed by atoms with Crippen molar-refractivity contribution in [2.75, 3.05) is 39.8 Å². The third-order valence-electron chi connectivity index (χ3n) is 4.60. The Labute approximate surface area is 161 Å². The van der Waals surface area contributed by atoms with E-state index in [0.29, 0.717) is 13.2 Å². The molecule has 0 aliphatic carbocycles. The minimum Gasteiger partial charge on any atom is -0.380 e. The monoisotopic (exact) mass is 371 g/mol. The first-order chi connectivity index (χ1) is 13.3. The molecule has 27 heavy (non-hydrogen) atoms. The highest BCUT2D eigenvalue weighted by Gasteiger charge is 2.20. The number of hydrogen-bond acceptors (Lipinski definition) is 5. The van der Waals surface area contributed by atoms with Gasteiger partial charge in [-0.3, -0.25) is 4.90 Å². The maximum absolute atomic E-state index is 5.22. The molecule has 1 aromatic heterocycles. The molecule has 3 rings (SSSR count). The van der Waals surface area contributed by atoms with E-state index in [-0.39, 0.29) is 0 Å². The van der Waals surface area contributed by atoms with E-state index < -0.39 is 0 Å². The third-order valence-corrected chi connectivity index (χ3v) is 4.60. The van der Waals surface area contributed by atoms with E-state index in [4.69, 9.17) is 14.3 Å². The Morgan fingerprint density at radius 2 is 2.04 bits per heavy atom. The van der Waals surface area contributed by atoms with E-state index >= 15 is 0 Å². The first kappa shape index (κ1) is 19.4. The zero-order valence-electron chi connectivity index (χ0n) is 16.2. The van der Waals surface area contributed by atoms with Gasteiger partial charge in [0.05, 0.1) is 18.8 Å². The largest absolute Gasteiger partial charge is 0.380 e. The summed E-state index contributed by atoms with van der Waals surface area (Å²) in [6.45, 7) is 8.98. The van der Waals surface area contributed by atoms with Gasteiger partial charge >= 0.3 is 0 Å². The van der Waals surface area contributed by atoms with E-state index in [1.165, 1.54) is 11.1 Å². The van der Waals surface area contributed by atoms with Crippen LogP contribution in [0.3, 0.4) is 0 Å². The first-order valence-corrected chi connectivity index (χ1v) is 9.50. The van der Waals surface area contributed by atoms with Gasteiger partial charge in [0.1, 0.15) is 6.26 Å². The van der Waals surface area contributed by atoms with Gasteiger partial charge in [0.15, 0.2) is 5.96 Å². The van der Waals surface area contributed by atoms with Crippen molar-refractivity contribution in [3.8, 4) is 0 Å². The van der Waals surface area contributed by atoms with Gasteiger partial charge in [-0.25, -0.2) is 4.99 Å². The molecule has 146 valence electrons. The quantitative estimate of drug-likeness (QED) is 0.594. The summed E-state index contributed by atoms with van der Waals surface area (Å²) < 4.78 is 10.1. The Morgan fingerprint density at radius 3 is 2.74 bits per heavy atom. The van der Waals surface area contributed by atoms with Crippen molar-refractivity contribution in [2.24, 2.45) is 4.99 Å². The average molecular weight is 371 g/mol. The maximum Gasteiger partial charge on any atom is 0.194 e. The fraction of sp³-hybridized carbons (Fsp3) is 0.500. The molecule has 0 atom stereocenters. The highest BCUT2D eigenvalue weighted by atomic mass is 16.5. The summed E-state index contributed by atoms with van der Waals surface area (Å²) in [4.78, 5) is 9.58. The highest BCUT2D eigenvalue weighted by molar-refractivity contribution is 5.80. The Hall–Kier alpha value is -2.38. The molecule has 1 fully saturated rings. The summed E-state index contributed by atoms with van der Waals surface area (Å²) in [5.41, 5.74) is 3.36. The smallest absolute Gasteiger partial charge is 0.194 e. The van der Waals surface area contributed by atoms with Crippen molar-refractivity contribution in [3.05, 3.63) is 53.4 Å². The summed E-state index contributed by atoms with van der Waals surface area (Å²) in [7, 11) is 1.72. The van der Waals surface area contributed by atoms with Crippen LogP contribution >= 0.6 is 0 Å². The normalized spacial score (nSPS) is 15.9. The zero-order chi connectivity index (χ0) is 18.9. The molecular formula is C20H29N5O2. The fourth-order valence-electron chi connectivity index (χ4n) is 3.24. The summed E-state index contributed by atoms with van der Waals surface area (Å²) in [6.07, 6.45) is 1.63. The van der Waals surface area contributed by atoms with Crippen molar-refractivity contribution in [1.29, 1.82) is 0 Å². The molecule has 0 spiro atoms. The van der Waals surface area contributed by atoms with Crippen LogP contribution in [0.15, 0.2) is 46.1 Å². The fourth-order valence-corrected chi connectivity index (χ4v) is 3.24. The highest BCUT2D eigenvalue weighted by Crippen LogP contribution is 2.10. The lowest BCUT2D eigenvalue weighted by Crippen LogP contribution is -2.52. The molecular weight excluding hydrogens is 342 g/mol. The van der Waals surface area contributed by atoms with Crippen LogP contribution in [0.1, 0.15) is 23.7 Å². The topological polar surface area (TPSA) is 66.1 Å². The van der Waals surface area contributed by atoms with Crippen molar-refractivity contribution in [3.63, 3.8) is 0 Å². The van der Waals surface area contributed by atoms with Gasteiger partial charge in [-0.15, -0.1) is 0 Å². The maximum atomic E-state index is 5.22. The van der Waals surface area contributed by atoms with Gasteiger partial charge in [0, 0.05) is 52.4 Å². The van der Waals surface area contributed by atoms with Crippen LogP contribution in [0.4, 0.5) is 0 Å². The number of aromatic nitrogens is 1. The molecule has 2 aromatic rings. The summed E-state index contributed by atoms with van der Waals surface area (Å²) in [6, 6.07) is 10.3. The number of methoxy groups -OCH3 is 1. The van der Waals surface area contributed by atoms with Crippen LogP contribution < -0.4 is 5.32 Å². The molecule has 2 heterocycles. The third kappa shape index (κ3) is 5.80. The van der Waals surface area contributed by atoms with Crippen LogP contribution in [0.5, 0.6) is 0 Å². The predicted octanol–water partition coefficient (Wildman–Crippen LogP) is 2.10. The lowest BCUT2D eigenvalue weighted by atomic mass is 10.1. The SMILES string of the molecule is CCNC(=NCc1cccc(COC)c1)N1CCN(Cc2ccon2)CC1. The van der Waals surface area contributed by atoms with E-state index in [1.807, 2.05) is 6.07 Å². The van der Waals surface area contributed by atoms with Crippen LogP contribution in [0.2, 0.25) is 0 Å². The molecule has 0 unspecified atom stereocenters. The Morgan fingerprint density at radius 1 is 1.22 bits per heavy atom. The summed E-state index contributed by atoms with van der Waals surface area (Å²) in [5.74, 6) is 0.982. The lowest BCUT2D eigenvalue weighted by Gasteiger charge is -2.36. The van der Waals surface area contributed by atoms with Gasteiger partial charge in [-0.05, 0) is 18.1 Å². The second-order valence-electron chi connectivity index (χ2n) is 6.68. The van der Waals surface area contributed by atoms with Gasteiger partial charge in [0.25, 0.3) is 0 Å². The standard InChI is InChI=1S/C20H29N5O2/c1-3-21-20(22-14-17-5-4-6-18(13-17)16-26-2)25-10-8-24(9-11-25)15-19-7-12-27-23-19/h4-7,12-13H,3,8-11,14-16H2,1-2H3,(H,21,22). The van der Waals surface area contributed by atoms with Crippen LogP contribution in [0, 0.1) is 0 Å². The number of aliphatic imine (C=N–C) groups is 1. The van der Waals surface area contributed by atoms with E-state index in [2.05, 4.69) is 51.5 Å². The van der Waals surface area contributed by atoms with E-state index in [0.717, 1.165) is 50.9 Å². The zero-order valence-corrected chi connectivity index (χ0v) is 16.2. The number of nitrogens with one attached hydrogen (secondary N) is 1. The molecule has 0 bridgehead atoms. The summed E-state index contributed by atoms with van der Waals surface area (Å²) >= 11 is 0. The molecule has 1 aliphatic heterocycles. The number of hydrogen-bond donors (Lipinski definition) is 1. The number of nitrogens with zero attached hydrogens (tertiary/aromatic N) is 4. The molecule has 0 amide bonds. The molecule has 7 heteroatoms. The molecule has 1 aliphatic rings. The van der Waals surface area contributed by atoms with Crippen LogP contribution in [-0.2, 0) is 24.4 Å². The molecule has 1 aromatic carbocycles. The Kier molecular flexibility index (Phi) is 7.24. The predicted molar refractivity (Wildman–Crippen MR) is 105 cm³/mol. The molecule has 7 nitrogen and oxygen atoms in total. The number of guanidine groups is 1. The van der Waals surface area contributed by atoms with Crippen molar-refractivity contribution < 1.29 is 9.26 Å². The minimum atomic E-state index is 0.630. The number of rotatable bonds is 7. The van der Waals surface area contributed by atoms with Crippen molar-refractivity contribution in [1.82, 2.24) is 20.3 Å². The second-order valence-corrected chi connectivity index (χ2v) is 6.68. The number of piperazine rings is 1. The van der Waals surface area contributed by atoms with Gasteiger partial charge in [0.2, 0.25) is 0 Å². The number of benzene rings is 1. The van der Waals surface area contributed by atoms with Crippen molar-refractivity contribution >= 4 is 5.96 Å². The van der Waals surface area contributed by atoms with E-state index in [1.54, 1.807) is 13.4 Å².